The number of nitrogen functional groups attached to an aromatic ring is 1. The van der Waals surface area contributed by atoms with Crippen molar-refractivity contribution in [3.05, 3.63) is 66.4 Å². The lowest BCUT2D eigenvalue weighted by Crippen LogP contribution is -1.88. The molecule has 0 amide bonds. The first kappa shape index (κ1) is 13.7. The van der Waals surface area contributed by atoms with Crippen LogP contribution in [0.5, 0.6) is 0 Å². The Morgan fingerprint density at radius 2 is 1.95 bits per heavy atom. The van der Waals surface area contributed by atoms with Gasteiger partial charge in [-0.05, 0) is 18.2 Å². The molecule has 0 aliphatic heterocycles. The van der Waals surface area contributed by atoms with Crippen molar-refractivity contribution in [2.75, 3.05) is 5.73 Å². The van der Waals surface area contributed by atoms with Crippen molar-refractivity contribution in [2.45, 2.75) is 10.6 Å². The molecule has 3 nitrogen and oxygen atoms in total. The third-order valence-corrected chi connectivity index (χ3v) is 3.83. The van der Waals surface area contributed by atoms with Crippen LogP contribution in [0, 0.1) is 5.82 Å². The van der Waals surface area contributed by atoms with E-state index in [0.717, 1.165) is 16.2 Å². The second-order valence-electron chi connectivity index (χ2n) is 4.49. The molecule has 3 rings (SSSR count). The number of nitrogens with two attached hydrogens (primary N) is 1. The van der Waals surface area contributed by atoms with Crippen LogP contribution in [-0.4, -0.2) is 4.98 Å². The largest absolute Gasteiger partial charge is 0.440 e. The van der Waals surface area contributed by atoms with Crippen molar-refractivity contribution >= 4 is 17.4 Å². The maximum absolute atomic E-state index is 13.2. The molecule has 0 unspecified atom stereocenters. The minimum atomic E-state index is -0.338. The van der Waals surface area contributed by atoms with Crippen LogP contribution < -0.4 is 5.73 Å². The predicted molar refractivity (Wildman–Crippen MR) is 82.3 cm³/mol. The number of thioether (sulfide) groups is 1. The monoisotopic (exact) mass is 300 g/mol. The summed E-state index contributed by atoms with van der Waals surface area (Å²) in [7, 11) is 0. The number of halogens is 1. The summed E-state index contributed by atoms with van der Waals surface area (Å²) in [4.78, 5) is 5.00. The van der Waals surface area contributed by atoms with E-state index in [1.54, 1.807) is 12.3 Å². The molecule has 2 N–H and O–H groups in total. The summed E-state index contributed by atoms with van der Waals surface area (Å²) >= 11 is 1.43. The minimum absolute atomic E-state index is 0.338. The molecule has 0 atom stereocenters. The molecule has 21 heavy (non-hydrogen) atoms. The summed E-state index contributed by atoms with van der Waals surface area (Å²) < 4.78 is 18.9. The topological polar surface area (TPSA) is 52.0 Å². The SMILES string of the molecule is Nc1cc(F)cc(SCc2ncc(-c3ccccc3)o2)c1. The summed E-state index contributed by atoms with van der Waals surface area (Å²) in [6.07, 6.45) is 1.70. The van der Waals surface area contributed by atoms with E-state index in [9.17, 15) is 4.39 Å². The Balaban J connectivity index is 1.70. The summed E-state index contributed by atoms with van der Waals surface area (Å²) in [5.74, 6) is 1.51. The molecule has 106 valence electrons. The van der Waals surface area contributed by atoms with Gasteiger partial charge in [-0.25, -0.2) is 9.37 Å². The third-order valence-electron chi connectivity index (χ3n) is 2.87. The van der Waals surface area contributed by atoms with Crippen LogP contribution in [0.15, 0.2) is 64.0 Å². The molecular formula is C16H13FN2OS. The van der Waals surface area contributed by atoms with Crippen molar-refractivity contribution in [1.29, 1.82) is 0 Å². The van der Waals surface area contributed by atoms with E-state index in [0.29, 0.717) is 17.3 Å². The van der Waals surface area contributed by atoms with Gasteiger partial charge in [-0.1, -0.05) is 30.3 Å². The number of hydrogen-bond acceptors (Lipinski definition) is 4. The van der Waals surface area contributed by atoms with Gasteiger partial charge in [-0.15, -0.1) is 11.8 Å². The van der Waals surface area contributed by atoms with E-state index >= 15 is 0 Å². The van der Waals surface area contributed by atoms with Gasteiger partial charge >= 0.3 is 0 Å². The molecule has 1 heterocycles. The zero-order valence-electron chi connectivity index (χ0n) is 11.1. The molecule has 2 aromatic carbocycles. The van der Waals surface area contributed by atoms with Crippen LogP contribution in [0.25, 0.3) is 11.3 Å². The fourth-order valence-electron chi connectivity index (χ4n) is 1.93. The van der Waals surface area contributed by atoms with E-state index in [-0.39, 0.29) is 5.82 Å². The van der Waals surface area contributed by atoms with E-state index in [2.05, 4.69) is 4.98 Å². The standard InChI is InChI=1S/C16H13FN2OS/c17-12-6-13(18)8-14(7-12)21-10-16-19-9-15(20-16)11-4-2-1-3-5-11/h1-9H,10,18H2. The smallest absolute Gasteiger partial charge is 0.205 e. The minimum Gasteiger partial charge on any atom is -0.440 e. The van der Waals surface area contributed by atoms with Crippen LogP contribution in [0.3, 0.4) is 0 Å². The first-order valence-corrected chi connectivity index (χ1v) is 7.38. The maximum atomic E-state index is 13.2. The highest BCUT2D eigenvalue weighted by atomic mass is 32.2. The number of oxazole rings is 1. The second kappa shape index (κ2) is 6.01. The number of nitrogens with zero attached hydrogens (tertiary/aromatic N) is 1. The van der Waals surface area contributed by atoms with E-state index in [1.165, 1.54) is 23.9 Å². The van der Waals surface area contributed by atoms with E-state index in [1.807, 2.05) is 30.3 Å². The van der Waals surface area contributed by atoms with E-state index < -0.39 is 0 Å². The van der Waals surface area contributed by atoms with Crippen molar-refractivity contribution in [1.82, 2.24) is 4.98 Å². The number of aromatic nitrogens is 1. The molecule has 0 saturated heterocycles. The van der Waals surface area contributed by atoms with Gasteiger partial charge in [0.1, 0.15) is 5.82 Å². The molecule has 0 spiro atoms. The zero-order chi connectivity index (χ0) is 14.7. The molecule has 0 fully saturated rings. The van der Waals surface area contributed by atoms with Gasteiger partial charge in [0.2, 0.25) is 5.89 Å². The second-order valence-corrected chi connectivity index (χ2v) is 5.54. The van der Waals surface area contributed by atoms with Crippen molar-refractivity contribution < 1.29 is 8.81 Å². The van der Waals surface area contributed by atoms with Crippen molar-refractivity contribution in [3.63, 3.8) is 0 Å². The van der Waals surface area contributed by atoms with E-state index in [4.69, 9.17) is 10.2 Å². The highest BCUT2D eigenvalue weighted by Gasteiger charge is 2.07. The van der Waals surface area contributed by atoms with Crippen LogP contribution >= 0.6 is 11.8 Å². The Kier molecular flexibility index (Phi) is 3.92. The van der Waals surface area contributed by atoms with Crippen LogP contribution in [0.2, 0.25) is 0 Å². The molecule has 1 aromatic heterocycles. The molecule has 0 bridgehead atoms. The average Bonchev–Trinajstić information content (AvgIpc) is 2.94. The van der Waals surface area contributed by atoms with Crippen LogP contribution in [0.4, 0.5) is 10.1 Å². The normalized spacial score (nSPS) is 10.7. The molecule has 3 aromatic rings. The lowest BCUT2D eigenvalue weighted by atomic mass is 10.2. The molecule has 0 aliphatic rings. The van der Waals surface area contributed by atoms with Crippen molar-refractivity contribution in [3.8, 4) is 11.3 Å². The number of anilines is 1. The highest BCUT2D eigenvalue weighted by molar-refractivity contribution is 7.98. The molecular weight excluding hydrogens is 287 g/mol. The molecule has 5 heteroatoms. The summed E-state index contributed by atoms with van der Waals surface area (Å²) in [5, 5.41) is 0. The molecule has 0 aliphatic carbocycles. The lowest BCUT2D eigenvalue weighted by molar-refractivity contribution is 0.530. The fourth-order valence-corrected chi connectivity index (χ4v) is 2.76. The fraction of sp³-hybridized carbons (Fsp3) is 0.0625. The van der Waals surface area contributed by atoms with Gasteiger partial charge < -0.3 is 10.2 Å². The average molecular weight is 300 g/mol. The quantitative estimate of drug-likeness (QED) is 0.574. The highest BCUT2D eigenvalue weighted by Crippen LogP contribution is 2.27. The van der Waals surface area contributed by atoms with Gasteiger partial charge in [0.15, 0.2) is 5.76 Å². The van der Waals surface area contributed by atoms with Crippen molar-refractivity contribution in [2.24, 2.45) is 0 Å². The Bertz CT molecular complexity index is 723. The number of benzene rings is 2. The summed E-state index contributed by atoms with van der Waals surface area (Å²) in [6, 6.07) is 14.2. The molecule has 0 radical (unpaired) electrons. The van der Waals surface area contributed by atoms with Crippen LogP contribution in [-0.2, 0) is 5.75 Å². The lowest BCUT2D eigenvalue weighted by Gasteiger charge is -2.01. The summed E-state index contributed by atoms with van der Waals surface area (Å²) in [5.41, 5.74) is 7.01. The Morgan fingerprint density at radius 3 is 2.71 bits per heavy atom. The first-order chi connectivity index (χ1) is 10.2. The van der Waals surface area contributed by atoms with Gasteiger partial charge in [-0.2, -0.15) is 0 Å². The third kappa shape index (κ3) is 3.44. The maximum Gasteiger partial charge on any atom is 0.205 e. The zero-order valence-corrected chi connectivity index (χ0v) is 11.9. The summed E-state index contributed by atoms with van der Waals surface area (Å²) in [6.45, 7) is 0. The Morgan fingerprint density at radius 1 is 1.14 bits per heavy atom. The Labute approximate surface area is 126 Å². The van der Waals surface area contributed by atoms with Gasteiger partial charge in [0.25, 0.3) is 0 Å². The number of hydrogen-bond donors (Lipinski definition) is 1. The van der Waals surface area contributed by atoms with Gasteiger partial charge in [0.05, 0.1) is 11.9 Å². The first-order valence-electron chi connectivity index (χ1n) is 6.40. The van der Waals surface area contributed by atoms with Crippen LogP contribution in [0.1, 0.15) is 5.89 Å². The molecule has 0 saturated carbocycles. The van der Waals surface area contributed by atoms with Gasteiger partial charge in [-0.3, -0.25) is 0 Å². The van der Waals surface area contributed by atoms with Gasteiger partial charge in [0, 0.05) is 16.1 Å². The number of rotatable bonds is 4. The predicted octanol–water partition coefficient (Wildman–Crippen LogP) is 4.36. The Hall–Kier alpha value is -2.27.